The van der Waals surface area contributed by atoms with Crippen LogP contribution in [0.25, 0.3) is 0 Å². The third-order valence-electron chi connectivity index (χ3n) is 10.3. The predicted molar refractivity (Wildman–Crippen MR) is 116 cm³/mol. The van der Waals surface area contributed by atoms with Crippen molar-refractivity contribution in [3.63, 3.8) is 0 Å². The fourth-order valence-corrected chi connectivity index (χ4v) is 8.65. The molecule has 182 valence electrons. The number of hydrogen-bond acceptors (Lipinski definition) is 6. The van der Waals surface area contributed by atoms with E-state index in [2.05, 4.69) is 13.8 Å². The molecule has 0 aromatic carbocycles. The van der Waals surface area contributed by atoms with Gasteiger partial charge in [0.2, 0.25) is 0 Å². The van der Waals surface area contributed by atoms with Gasteiger partial charge in [0, 0.05) is 19.3 Å². The maximum absolute atomic E-state index is 12.0. The van der Waals surface area contributed by atoms with Gasteiger partial charge in [-0.25, -0.2) is 0 Å². The largest absolute Gasteiger partial charge is 0.481 e. The fraction of sp³-hybridized carbons (Fsp3) is 0.920. The molecule has 7 heteroatoms. The molecule has 0 aromatic rings. The van der Waals surface area contributed by atoms with Gasteiger partial charge in [-0.1, -0.05) is 13.8 Å². The van der Waals surface area contributed by atoms with Gasteiger partial charge in [0.1, 0.15) is 6.10 Å². The summed E-state index contributed by atoms with van der Waals surface area (Å²) in [5, 5.41) is 42.0. The second-order valence-electron chi connectivity index (χ2n) is 11.6. The van der Waals surface area contributed by atoms with Crippen molar-refractivity contribution in [2.45, 2.75) is 103 Å². The van der Waals surface area contributed by atoms with Crippen LogP contribution in [0.3, 0.4) is 0 Å². The summed E-state index contributed by atoms with van der Waals surface area (Å²) in [4.78, 5) is 23.1. The molecule has 11 atom stereocenters. The van der Waals surface area contributed by atoms with Gasteiger partial charge in [0.25, 0.3) is 0 Å². The summed E-state index contributed by atoms with van der Waals surface area (Å²) in [5.74, 6) is -0.587. The molecule has 0 saturated heterocycles. The highest BCUT2D eigenvalue weighted by Gasteiger charge is 2.67. The highest BCUT2D eigenvalue weighted by Crippen LogP contribution is 2.68. The summed E-state index contributed by atoms with van der Waals surface area (Å²) in [6, 6.07) is 0. The van der Waals surface area contributed by atoms with E-state index in [4.69, 9.17) is 9.84 Å². The quantitative estimate of drug-likeness (QED) is 0.473. The molecule has 7 nitrogen and oxygen atoms in total. The third kappa shape index (κ3) is 3.68. The molecule has 0 aliphatic heterocycles. The molecule has 4 fully saturated rings. The van der Waals surface area contributed by atoms with E-state index in [1.54, 1.807) is 0 Å². The number of aliphatic carboxylic acids is 1. The average molecular weight is 453 g/mol. The Morgan fingerprint density at radius 1 is 0.938 bits per heavy atom. The van der Waals surface area contributed by atoms with Gasteiger partial charge in [-0.15, -0.1) is 0 Å². The molecule has 4 N–H and O–H groups in total. The zero-order valence-electron chi connectivity index (χ0n) is 19.6. The summed E-state index contributed by atoms with van der Waals surface area (Å²) in [5.41, 5.74) is -0.773. The Bertz CT molecular complexity index is 740. The minimum absolute atomic E-state index is 0.0129. The molecule has 0 heterocycles. The fourth-order valence-electron chi connectivity index (χ4n) is 8.65. The molecule has 0 spiro atoms. The average Bonchev–Trinajstić information content (AvgIpc) is 3.02. The van der Waals surface area contributed by atoms with Crippen molar-refractivity contribution in [3.05, 3.63) is 0 Å². The summed E-state index contributed by atoms with van der Waals surface area (Å²) >= 11 is 0. The lowest BCUT2D eigenvalue weighted by atomic mass is 9.42. The van der Waals surface area contributed by atoms with Crippen LogP contribution in [-0.4, -0.2) is 56.8 Å². The molecule has 4 rings (SSSR count). The van der Waals surface area contributed by atoms with E-state index < -0.39 is 29.7 Å². The number of fused-ring (bicyclic) bond motifs is 5. The number of ether oxygens (including phenoxy) is 1. The highest BCUT2D eigenvalue weighted by atomic mass is 16.5. The van der Waals surface area contributed by atoms with E-state index in [9.17, 15) is 24.9 Å². The van der Waals surface area contributed by atoms with Crippen molar-refractivity contribution in [2.24, 2.45) is 40.4 Å². The summed E-state index contributed by atoms with van der Waals surface area (Å²) in [7, 11) is 0. The highest BCUT2D eigenvalue weighted by molar-refractivity contribution is 5.66. The molecule has 4 aliphatic rings. The second-order valence-corrected chi connectivity index (χ2v) is 11.6. The Morgan fingerprint density at radius 3 is 2.28 bits per heavy atom. The number of carboxylic acid groups (broad SMARTS) is 1. The number of hydrogen-bond donors (Lipinski definition) is 4. The molecular weight excluding hydrogens is 412 g/mol. The summed E-state index contributed by atoms with van der Waals surface area (Å²) < 4.78 is 5.90. The van der Waals surface area contributed by atoms with Gasteiger partial charge in [0.15, 0.2) is 0 Å². The van der Waals surface area contributed by atoms with Crippen molar-refractivity contribution in [1.82, 2.24) is 0 Å². The number of carbonyl (C=O) groups excluding carboxylic acids is 1. The molecular formula is C25H40O7. The molecule has 0 bridgehead atoms. The van der Waals surface area contributed by atoms with Crippen LogP contribution in [-0.2, 0) is 14.3 Å². The van der Waals surface area contributed by atoms with Crippen LogP contribution in [0.5, 0.6) is 0 Å². The Labute approximate surface area is 190 Å². The van der Waals surface area contributed by atoms with Gasteiger partial charge >= 0.3 is 11.9 Å². The van der Waals surface area contributed by atoms with Gasteiger partial charge in [-0.3, -0.25) is 9.59 Å². The second kappa shape index (κ2) is 8.55. The third-order valence-corrected chi connectivity index (χ3v) is 10.3. The van der Waals surface area contributed by atoms with E-state index in [0.29, 0.717) is 32.1 Å². The van der Waals surface area contributed by atoms with E-state index in [1.807, 2.05) is 0 Å². The van der Waals surface area contributed by atoms with Gasteiger partial charge < -0.3 is 25.2 Å². The maximum Gasteiger partial charge on any atom is 0.303 e. The SMILES string of the molecule is CC(=O)O[C@@H]1C[C@@H]2C[C@H](O)C[C@@H](O)[C@]2(C)C2C[C@H](O)[C@]3(C)[C@@H](CCCC(=O)O)CC[C@H]3C21. The first-order valence-electron chi connectivity index (χ1n) is 12.4. The first kappa shape index (κ1) is 24.0. The zero-order valence-corrected chi connectivity index (χ0v) is 19.6. The number of carbonyl (C=O) groups is 2. The van der Waals surface area contributed by atoms with Crippen molar-refractivity contribution in [3.8, 4) is 0 Å². The lowest BCUT2D eigenvalue weighted by Gasteiger charge is -2.64. The first-order valence-corrected chi connectivity index (χ1v) is 12.4. The van der Waals surface area contributed by atoms with Crippen molar-refractivity contribution in [1.29, 1.82) is 0 Å². The van der Waals surface area contributed by atoms with Crippen LogP contribution >= 0.6 is 0 Å². The van der Waals surface area contributed by atoms with Crippen LogP contribution in [0.4, 0.5) is 0 Å². The molecule has 4 saturated carbocycles. The van der Waals surface area contributed by atoms with E-state index in [-0.39, 0.29) is 53.5 Å². The Balaban J connectivity index is 1.67. The standard InChI is InChI=1S/C25H40O7/c1-13(26)32-19-10-15-9-16(27)11-20(28)25(15,3)18-12-21(29)24(2)14(5-4-6-22(30)31)7-8-17(24)23(18)19/h14-21,23,27-29H,4-12H2,1-3H3,(H,30,31)/t14-,15-,16-,17-,18?,19+,20+,21-,23?,24+,25-/m0/s1. The minimum atomic E-state index is -0.788. The summed E-state index contributed by atoms with van der Waals surface area (Å²) in [6.45, 7) is 5.70. The Kier molecular flexibility index (Phi) is 6.40. The van der Waals surface area contributed by atoms with E-state index in [1.165, 1.54) is 6.92 Å². The summed E-state index contributed by atoms with van der Waals surface area (Å²) in [6.07, 6.45) is 3.49. The van der Waals surface area contributed by atoms with Crippen LogP contribution in [0.2, 0.25) is 0 Å². The Morgan fingerprint density at radius 2 is 1.62 bits per heavy atom. The first-order chi connectivity index (χ1) is 15.0. The van der Waals surface area contributed by atoms with E-state index >= 15 is 0 Å². The molecule has 0 aromatic heterocycles. The van der Waals surface area contributed by atoms with Gasteiger partial charge in [0.05, 0.1) is 18.3 Å². The number of aliphatic hydroxyl groups excluding tert-OH is 3. The van der Waals surface area contributed by atoms with Gasteiger partial charge in [-0.2, -0.15) is 0 Å². The topological polar surface area (TPSA) is 124 Å². The van der Waals surface area contributed by atoms with E-state index in [0.717, 1.165) is 19.3 Å². The monoisotopic (exact) mass is 452 g/mol. The zero-order chi connectivity index (χ0) is 23.4. The smallest absolute Gasteiger partial charge is 0.303 e. The predicted octanol–water partition coefficient (Wildman–Crippen LogP) is 2.74. The Hall–Kier alpha value is -1.18. The van der Waals surface area contributed by atoms with Crippen molar-refractivity contribution < 1.29 is 34.8 Å². The molecule has 2 unspecified atom stereocenters. The number of carboxylic acids is 1. The lowest BCUT2D eigenvalue weighted by molar-refractivity contribution is -0.237. The number of aliphatic hydroxyl groups is 3. The van der Waals surface area contributed by atoms with Crippen molar-refractivity contribution in [2.75, 3.05) is 0 Å². The van der Waals surface area contributed by atoms with Crippen LogP contribution < -0.4 is 0 Å². The molecule has 0 radical (unpaired) electrons. The normalized spacial score (nSPS) is 50.1. The minimum Gasteiger partial charge on any atom is -0.481 e. The van der Waals surface area contributed by atoms with Crippen LogP contribution in [0.15, 0.2) is 0 Å². The molecule has 4 aliphatic carbocycles. The van der Waals surface area contributed by atoms with Crippen molar-refractivity contribution >= 4 is 11.9 Å². The molecule has 32 heavy (non-hydrogen) atoms. The number of esters is 1. The van der Waals surface area contributed by atoms with Gasteiger partial charge in [-0.05, 0) is 85.9 Å². The van der Waals surface area contributed by atoms with Crippen LogP contribution in [0.1, 0.15) is 78.6 Å². The number of rotatable bonds is 5. The lowest BCUT2D eigenvalue weighted by Crippen LogP contribution is -2.65. The molecule has 0 amide bonds. The van der Waals surface area contributed by atoms with Crippen LogP contribution in [0, 0.1) is 40.4 Å². The maximum atomic E-state index is 12.0.